The van der Waals surface area contributed by atoms with E-state index in [-0.39, 0.29) is 107 Å². The number of carboxylic acid groups (broad SMARTS) is 1. The Morgan fingerprint density at radius 3 is 1.48 bits per heavy atom. The van der Waals surface area contributed by atoms with E-state index in [1.54, 1.807) is 27.7 Å². The third-order valence-corrected chi connectivity index (χ3v) is 12.0. The molecule has 25 N–H and O–H groups in total. The molecule has 1 rings (SSSR count). The predicted molar refractivity (Wildman–Crippen MR) is 290 cm³/mol. The summed E-state index contributed by atoms with van der Waals surface area (Å²) in [6.45, 7) is 8.27. The Hall–Kier alpha value is -7.61. The molecule has 1 aliphatic heterocycles. The van der Waals surface area contributed by atoms with Crippen LogP contribution < -0.4 is 82.7 Å². The molecule has 79 heavy (non-hydrogen) atoms. The van der Waals surface area contributed by atoms with Crippen molar-refractivity contribution in [2.24, 2.45) is 66.9 Å². The summed E-state index contributed by atoms with van der Waals surface area (Å²) in [5.74, 6) is -9.97. The number of aliphatic carboxylic acids is 1. The zero-order valence-electron chi connectivity index (χ0n) is 46.0. The summed E-state index contributed by atoms with van der Waals surface area (Å²) in [6, 6.07) is -12.0. The van der Waals surface area contributed by atoms with Crippen molar-refractivity contribution in [2.75, 3.05) is 39.3 Å². The van der Waals surface area contributed by atoms with Gasteiger partial charge in [0, 0.05) is 26.2 Å². The molecule has 0 bridgehead atoms. The maximum absolute atomic E-state index is 13.8. The number of aliphatic imine (C=N–C) groups is 3. The van der Waals surface area contributed by atoms with Crippen LogP contribution in [0.1, 0.15) is 106 Å². The van der Waals surface area contributed by atoms with Crippen molar-refractivity contribution < 1.29 is 63.3 Å². The highest BCUT2D eigenvalue weighted by molar-refractivity contribution is 5.98. The third kappa shape index (κ3) is 27.0. The van der Waals surface area contributed by atoms with Crippen LogP contribution in [0, 0.1) is 11.8 Å². The van der Waals surface area contributed by atoms with Crippen LogP contribution in [0.2, 0.25) is 0 Å². The zero-order chi connectivity index (χ0) is 60.1. The molecule has 1 aliphatic rings. The summed E-state index contributed by atoms with van der Waals surface area (Å²) >= 11 is 0. The van der Waals surface area contributed by atoms with Gasteiger partial charge in [-0.25, -0.2) is 4.79 Å². The zero-order valence-corrected chi connectivity index (χ0v) is 46.0. The second kappa shape index (κ2) is 35.7. The molecular weight excluding hydrogens is 1040 g/mol. The number of carbonyl (C=O) groups excluding carboxylic acids is 9. The number of likely N-dealkylation sites (tertiary alicyclic amines) is 1. The highest BCUT2D eigenvalue weighted by atomic mass is 16.4. The maximum Gasteiger partial charge on any atom is 0.326 e. The smallest absolute Gasteiger partial charge is 0.326 e. The Kier molecular flexibility index (Phi) is 31.4. The number of rotatable bonds is 36. The number of hydrogen-bond acceptors (Lipinski definition) is 16. The van der Waals surface area contributed by atoms with Gasteiger partial charge in [0.1, 0.15) is 48.3 Å². The monoisotopic (exact) mass is 1130 g/mol. The first-order chi connectivity index (χ1) is 37.0. The lowest BCUT2D eigenvalue weighted by atomic mass is 10.0. The first kappa shape index (κ1) is 69.4. The summed E-state index contributed by atoms with van der Waals surface area (Å²) in [5, 5.41) is 49.9. The number of nitrogens with zero attached hydrogens (tertiary/aromatic N) is 4. The van der Waals surface area contributed by atoms with Crippen molar-refractivity contribution in [3.8, 4) is 0 Å². The molecule has 32 nitrogen and oxygen atoms in total. The van der Waals surface area contributed by atoms with E-state index in [1.165, 1.54) is 18.7 Å². The third-order valence-electron chi connectivity index (χ3n) is 12.0. The Morgan fingerprint density at radius 1 is 0.570 bits per heavy atom. The average molecular weight is 1130 g/mol. The fourth-order valence-electron chi connectivity index (χ4n) is 7.97. The highest BCUT2D eigenvalue weighted by Gasteiger charge is 2.39. The Balaban J connectivity index is 3.11. The number of aliphatic hydroxyl groups excluding tert-OH is 2. The molecule has 1 heterocycles. The molecule has 0 radical (unpaired) electrons. The van der Waals surface area contributed by atoms with E-state index in [0.717, 1.165) is 0 Å². The van der Waals surface area contributed by atoms with E-state index in [0.29, 0.717) is 12.8 Å². The van der Waals surface area contributed by atoms with Crippen LogP contribution in [-0.2, 0) is 47.9 Å². The van der Waals surface area contributed by atoms with Crippen LogP contribution in [0.3, 0.4) is 0 Å². The van der Waals surface area contributed by atoms with Gasteiger partial charge < -0.3 is 103 Å². The molecule has 0 aromatic carbocycles. The number of hydrogen-bond donors (Lipinski definition) is 18. The minimum Gasteiger partial charge on any atom is -0.480 e. The summed E-state index contributed by atoms with van der Waals surface area (Å²) in [7, 11) is 0. The minimum atomic E-state index is -1.70. The van der Waals surface area contributed by atoms with Crippen molar-refractivity contribution in [1.82, 2.24) is 47.4 Å². The molecule has 32 heteroatoms. The fraction of sp³-hybridized carbons (Fsp3) is 0.723. The van der Waals surface area contributed by atoms with E-state index in [1.807, 2.05) is 0 Å². The topological polar surface area (TPSA) is 550 Å². The highest BCUT2D eigenvalue weighted by Crippen LogP contribution is 2.20. The lowest BCUT2D eigenvalue weighted by Gasteiger charge is -2.29. The van der Waals surface area contributed by atoms with E-state index in [9.17, 15) is 63.3 Å². The Morgan fingerprint density at radius 2 is 1.01 bits per heavy atom. The van der Waals surface area contributed by atoms with Gasteiger partial charge in [0.05, 0.1) is 25.3 Å². The number of carbonyl (C=O) groups is 10. The van der Waals surface area contributed by atoms with Crippen molar-refractivity contribution in [1.29, 1.82) is 0 Å². The van der Waals surface area contributed by atoms with Gasteiger partial charge in [-0.3, -0.25) is 58.1 Å². The van der Waals surface area contributed by atoms with Gasteiger partial charge in [-0.1, -0.05) is 27.7 Å². The van der Waals surface area contributed by atoms with Crippen molar-refractivity contribution >= 4 is 77.0 Å². The van der Waals surface area contributed by atoms with E-state index in [2.05, 4.69) is 57.5 Å². The molecular formula is C47H87N19O13. The summed E-state index contributed by atoms with van der Waals surface area (Å²) < 4.78 is 0. The van der Waals surface area contributed by atoms with Gasteiger partial charge in [0.15, 0.2) is 17.9 Å². The lowest BCUT2D eigenvalue weighted by Crippen LogP contribution is -2.61. The molecule has 10 atom stereocenters. The van der Waals surface area contributed by atoms with E-state index < -0.39 is 133 Å². The summed E-state index contributed by atoms with van der Waals surface area (Å²) in [4.78, 5) is 146. The number of nitrogens with two attached hydrogens (primary N) is 7. The maximum atomic E-state index is 13.8. The van der Waals surface area contributed by atoms with Gasteiger partial charge in [-0.05, 0) is 89.9 Å². The van der Waals surface area contributed by atoms with Crippen LogP contribution in [0.5, 0.6) is 0 Å². The molecule has 0 aromatic rings. The number of amides is 9. The Bertz CT molecular complexity index is 2150. The average Bonchev–Trinajstić information content (AvgIpc) is 3.86. The number of aliphatic hydroxyl groups is 2. The van der Waals surface area contributed by atoms with Gasteiger partial charge in [0.25, 0.3) is 0 Å². The van der Waals surface area contributed by atoms with Crippen LogP contribution in [0.4, 0.5) is 0 Å². The molecule has 0 unspecified atom stereocenters. The molecule has 1 fully saturated rings. The largest absolute Gasteiger partial charge is 0.480 e. The van der Waals surface area contributed by atoms with Crippen molar-refractivity contribution in [3.05, 3.63) is 0 Å². The van der Waals surface area contributed by atoms with Crippen LogP contribution in [0.15, 0.2) is 15.0 Å². The second-order valence-corrected chi connectivity index (χ2v) is 20.0. The SMILES string of the molecule is CC(C)C[C@H](NC(=O)[C@H](CCCN=C(N)N)NC(=O)[C@H](CCCN=C(N)N)NC(=O)[C@H](C)NC(=O)CNC(=O)[C@@H](NC(=O)[C@H](CC(C)C)NC(=O)[C@H](CO)NC(=O)[C@@H]1CCCN1C(=O)[C@@H](N)CCCN=C(N)N)[C@@H](C)O)C(=O)O. The first-order valence-corrected chi connectivity index (χ1v) is 26.1. The predicted octanol–water partition coefficient (Wildman–Crippen LogP) is -7.45. The summed E-state index contributed by atoms with van der Waals surface area (Å²) in [6.07, 6.45) is -0.0131. The van der Waals surface area contributed by atoms with Crippen LogP contribution in [-0.4, -0.2) is 197 Å². The van der Waals surface area contributed by atoms with Gasteiger partial charge in [0.2, 0.25) is 53.2 Å². The number of guanidine groups is 3. The van der Waals surface area contributed by atoms with Crippen LogP contribution >= 0.6 is 0 Å². The minimum absolute atomic E-state index is 0.0206. The fourth-order valence-corrected chi connectivity index (χ4v) is 7.97. The van der Waals surface area contributed by atoms with Gasteiger partial charge in [-0.15, -0.1) is 0 Å². The lowest BCUT2D eigenvalue weighted by molar-refractivity contribution is -0.143. The Labute approximate surface area is 459 Å². The van der Waals surface area contributed by atoms with E-state index >= 15 is 0 Å². The number of carboxylic acids is 1. The van der Waals surface area contributed by atoms with Gasteiger partial charge >= 0.3 is 5.97 Å². The molecule has 9 amide bonds. The number of nitrogens with one attached hydrogen (secondary N) is 8. The summed E-state index contributed by atoms with van der Waals surface area (Å²) in [5.41, 5.74) is 38.5. The molecule has 0 aliphatic carbocycles. The molecule has 0 saturated carbocycles. The van der Waals surface area contributed by atoms with Crippen molar-refractivity contribution in [2.45, 2.75) is 166 Å². The van der Waals surface area contributed by atoms with E-state index in [4.69, 9.17) is 40.1 Å². The molecule has 0 spiro atoms. The second-order valence-electron chi connectivity index (χ2n) is 20.0. The molecule has 1 saturated heterocycles. The molecule has 448 valence electrons. The molecule has 0 aromatic heterocycles. The van der Waals surface area contributed by atoms with Crippen molar-refractivity contribution in [3.63, 3.8) is 0 Å². The normalized spacial score (nSPS) is 16.4. The van der Waals surface area contributed by atoms with Crippen LogP contribution in [0.25, 0.3) is 0 Å². The standard InChI is InChI=1S/C47H87N19O13/c1-23(2)19-30(62-40(74)32(22-67)64-41(75)33-14-10-18-66(33)43(77)27(48)11-7-15-55-45(49)50)39(73)65-35(26(6)68)42(76)58-21-34(69)59-25(5)36(70)60-28(12-8-16-56-46(51)52)37(71)61-29(13-9-17-57-47(53)54)38(72)63-31(44(78)79)20-24(3)4/h23-33,35,67-68H,7-22,48H2,1-6H3,(H,58,76)(H,59,69)(H,60,70)(H,61,71)(H,62,74)(H,63,72)(H,64,75)(H,65,73)(H,78,79)(H4,49,50,55)(H4,51,52,56)(H4,53,54,57)/t25-,26+,27-,28-,29-,30-,31-,32-,33-,35-/m0/s1. The first-order valence-electron chi connectivity index (χ1n) is 26.1. The quantitative estimate of drug-likeness (QED) is 0.0157. The van der Waals surface area contributed by atoms with Gasteiger partial charge in [-0.2, -0.15) is 0 Å².